The lowest BCUT2D eigenvalue weighted by Gasteiger charge is -2.23. The van der Waals surface area contributed by atoms with Gasteiger partial charge in [-0.3, -0.25) is 19.2 Å². The van der Waals surface area contributed by atoms with Gasteiger partial charge in [-0.2, -0.15) is 11.8 Å². The molecule has 1 aromatic rings. The Morgan fingerprint density at radius 1 is 1.10 bits per heavy atom. The van der Waals surface area contributed by atoms with E-state index in [0.29, 0.717) is 11.4 Å². The summed E-state index contributed by atoms with van der Waals surface area (Å²) in [6.07, 6.45) is 3.83. The van der Waals surface area contributed by atoms with Crippen LogP contribution in [0.3, 0.4) is 0 Å². The Labute approximate surface area is 181 Å². The molecule has 0 spiro atoms. The second kappa shape index (κ2) is 13.2. The van der Waals surface area contributed by atoms with Crippen LogP contribution in [0.5, 0.6) is 0 Å². The molecule has 1 heterocycles. The first-order valence-electron chi connectivity index (χ1n) is 9.18. The highest BCUT2D eigenvalue weighted by molar-refractivity contribution is 7.98. The van der Waals surface area contributed by atoms with Gasteiger partial charge in [-0.15, -0.1) is 0 Å². The molecule has 172 valence electrons. The van der Waals surface area contributed by atoms with E-state index in [-0.39, 0.29) is 19.4 Å². The first kappa shape index (κ1) is 25.9. The SMILES string of the molecule is CSCCC(NC(=O)CN)C(=O)NC(CC(=O)O)C(=O)NC(Cc1cnc[nH]1)C(=O)O. The molecule has 0 saturated carbocycles. The number of hydrogen-bond donors (Lipinski definition) is 7. The fraction of sp³-hybridized carbons (Fsp3) is 0.529. The number of H-pyrrole nitrogens is 1. The number of carboxylic acid groups (broad SMARTS) is 2. The lowest BCUT2D eigenvalue weighted by atomic mass is 10.1. The fourth-order valence-corrected chi connectivity index (χ4v) is 2.97. The smallest absolute Gasteiger partial charge is 0.326 e. The van der Waals surface area contributed by atoms with E-state index in [0.717, 1.165) is 0 Å². The van der Waals surface area contributed by atoms with Gasteiger partial charge in [-0.05, 0) is 18.4 Å². The third-order valence-corrected chi connectivity index (χ3v) is 4.70. The van der Waals surface area contributed by atoms with Gasteiger partial charge in [0.1, 0.15) is 18.1 Å². The van der Waals surface area contributed by atoms with Gasteiger partial charge in [0.05, 0.1) is 19.3 Å². The number of hydrogen-bond acceptors (Lipinski definition) is 8. The summed E-state index contributed by atoms with van der Waals surface area (Å²) in [4.78, 5) is 65.9. The summed E-state index contributed by atoms with van der Waals surface area (Å²) in [5.74, 6) is -4.59. The summed E-state index contributed by atoms with van der Waals surface area (Å²) < 4.78 is 0. The molecule has 0 aliphatic carbocycles. The van der Waals surface area contributed by atoms with Crippen LogP contribution in [0.4, 0.5) is 0 Å². The number of aliphatic carboxylic acids is 2. The molecular formula is C17H26N6O7S. The van der Waals surface area contributed by atoms with E-state index >= 15 is 0 Å². The van der Waals surface area contributed by atoms with Crippen molar-refractivity contribution in [2.45, 2.75) is 37.4 Å². The molecule has 8 N–H and O–H groups in total. The highest BCUT2D eigenvalue weighted by atomic mass is 32.2. The van der Waals surface area contributed by atoms with Crippen molar-refractivity contribution in [2.75, 3.05) is 18.6 Å². The molecule has 31 heavy (non-hydrogen) atoms. The fourth-order valence-electron chi connectivity index (χ4n) is 2.50. The molecule has 3 amide bonds. The van der Waals surface area contributed by atoms with Crippen molar-refractivity contribution >= 4 is 41.4 Å². The second-order valence-electron chi connectivity index (χ2n) is 6.45. The van der Waals surface area contributed by atoms with Crippen LogP contribution in [0.2, 0.25) is 0 Å². The third-order valence-electron chi connectivity index (χ3n) is 4.05. The van der Waals surface area contributed by atoms with Gasteiger partial charge in [0, 0.05) is 18.3 Å². The Balaban J connectivity index is 2.91. The Kier molecular flexibility index (Phi) is 11.1. The summed E-state index contributed by atoms with van der Waals surface area (Å²) >= 11 is 1.42. The quantitative estimate of drug-likeness (QED) is 0.158. The van der Waals surface area contributed by atoms with Crippen molar-refractivity contribution in [3.63, 3.8) is 0 Å². The van der Waals surface area contributed by atoms with Gasteiger partial charge in [0.2, 0.25) is 17.7 Å². The molecule has 3 unspecified atom stereocenters. The number of carbonyl (C=O) groups excluding carboxylic acids is 3. The summed E-state index contributed by atoms with van der Waals surface area (Å²) in [7, 11) is 0. The van der Waals surface area contributed by atoms with E-state index in [1.54, 1.807) is 6.26 Å². The maximum absolute atomic E-state index is 12.6. The number of thioether (sulfide) groups is 1. The molecule has 0 aromatic carbocycles. The topological polar surface area (TPSA) is 217 Å². The number of rotatable bonds is 14. The predicted octanol–water partition coefficient (Wildman–Crippen LogP) is -2.32. The maximum atomic E-state index is 12.6. The van der Waals surface area contributed by atoms with E-state index < -0.39 is 54.2 Å². The van der Waals surface area contributed by atoms with Crippen molar-refractivity contribution in [3.8, 4) is 0 Å². The van der Waals surface area contributed by atoms with Crippen LogP contribution >= 0.6 is 11.8 Å². The van der Waals surface area contributed by atoms with E-state index in [1.807, 2.05) is 0 Å². The number of carboxylic acids is 2. The second-order valence-corrected chi connectivity index (χ2v) is 7.43. The summed E-state index contributed by atoms with van der Waals surface area (Å²) in [6, 6.07) is -3.97. The molecule has 3 atom stereocenters. The van der Waals surface area contributed by atoms with Gasteiger partial charge < -0.3 is 36.9 Å². The van der Waals surface area contributed by atoms with Crippen LogP contribution in [0, 0.1) is 0 Å². The van der Waals surface area contributed by atoms with Crippen LogP contribution in [0.1, 0.15) is 18.5 Å². The number of nitrogens with two attached hydrogens (primary N) is 1. The number of imidazole rings is 1. The molecule has 1 rings (SSSR count). The minimum Gasteiger partial charge on any atom is -0.481 e. The average Bonchev–Trinajstić information content (AvgIpc) is 3.22. The average molecular weight is 458 g/mol. The Morgan fingerprint density at radius 3 is 2.26 bits per heavy atom. The van der Waals surface area contributed by atoms with Crippen LogP contribution in [0.25, 0.3) is 0 Å². The normalized spacial score (nSPS) is 13.5. The number of carbonyl (C=O) groups is 5. The third kappa shape index (κ3) is 9.48. The highest BCUT2D eigenvalue weighted by Gasteiger charge is 2.31. The van der Waals surface area contributed by atoms with Crippen molar-refractivity contribution in [2.24, 2.45) is 5.73 Å². The predicted molar refractivity (Wildman–Crippen MR) is 110 cm³/mol. The zero-order valence-corrected chi connectivity index (χ0v) is 17.6. The van der Waals surface area contributed by atoms with Crippen LogP contribution in [-0.2, 0) is 30.4 Å². The molecule has 13 nitrogen and oxygen atoms in total. The van der Waals surface area contributed by atoms with Crippen LogP contribution in [-0.4, -0.2) is 86.5 Å². The molecule has 1 aromatic heterocycles. The molecule has 0 fully saturated rings. The monoisotopic (exact) mass is 458 g/mol. The largest absolute Gasteiger partial charge is 0.481 e. The summed E-state index contributed by atoms with van der Waals surface area (Å²) in [5, 5.41) is 25.4. The van der Waals surface area contributed by atoms with Crippen LogP contribution in [0.15, 0.2) is 12.5 Å². The van der Waals surface area contributed by atoms with Crippen molar-refractivity contribution in [1.82, 2.24) is 25.9 Å². The molecule has 0 aliphatic heterocycles. The van der Waals surface area contributed by atoms with Gasteiger partial charge in [-0.1, -0.05) is 0 Å². The number of nitrogens with zero attached hydrogens (tertiary/aromatic N) is 1. The van der Waals surface area contributed by atoms with Gasteiger partial charge in [0.15, 0.2) is 0 Å². The lowest BCUT2D eigenvalue weighted by molar-refractivity contribution is -0.143. The summed E-state index contributed by atoms with van der Waals surface area (Å²) in [6.45, 7) is -0.351. The number of nitrogens with one attached hydrogen (secondary N) is 4. The van der Waals surface area contributed by atoms with Crippen LogP contribution < -0.4 is 21.7 Å². The van der Waals surface area contributed by atoms with E-state index in [4.69, 9.17) is 10.8 Å². The minimum absolute atomic E-state index is 0.127. The minimum atomic E-state index is -1.56. The zero-order valence-electron chi connectivity index (χ0n) is 16.8. The standard InChI is InChI=1S/C17H26N6O7S/c1-31-3-2-10(21-13(24)6-18)15(27)22-11(5-14(25)26)16(28)23-12(17(29)30)4-9-7-19-8-20-9/h7-8,10-12H,2-6,18H2,1H3,(H,19,20)(H,21,24)(H,22,27)(H,23,28)(H,25,26)(H,29,30). The Bertz CT molecular complexity index is 773. The number of aromatic amines is 1. The first-order chi connectivity index (χ1) is 14.7. The summed E-state index contributed by atoms with van der Waals surface area (Å²) in [5.41, 5.74) is 5.69. The highest BCUT2D eigenvalue weighted by Crippen LogP contribution is 2.05. The molecular weight excluding hydrogens is 432 g/mol. The molecule has 0 radical (unpaired) electrons. The van der Waals surface area contributed by atoms with E-state index in [9.17, 15) is 29.1 Å². The Morgan fingerprint density at radius 2 is 1.74 bits per heavy atom. The van der Waals surface area contributed by atoms with Crippen molar-refractivity contribution in [1.29, 1.82) is 0 Å². The van der Waals surface area contributed by atoms with Crippen molar-refractivity contribution < 1.29 is 34.2 Å². The number of amides is 3. The van der Waals surface area contributed by atoms with Gasteiger partial charge in [-0.25, -0.2) is 9.78 Å². The van der Waals surface area contributed by atoms with Gasteiger partial charge in [0.25, 0.3) is 0 Å². The maximum Gasteiger partial charge on any atom is 0.326 e. The molecule has 14 heteroatoms. The molecule has 0 saturated heterocycles. The number of aromatic nitrogens is 2. The van der Waals surface area contributed by atoms with Gasteiger partial charge >= 0.3 is 11.9 Å². The zero-order chi connectivity index (χ0) is 23.4. The lowest BCUT2D eigenvalue weighted by Crippen LogP contribution is -2.57. The molecule has 0 bridgehead atoms. The van der Waals surface area contributed by atoms with E-state index in [2.05, 4.69) is 25.9 Å². The molecule has 0 aliphatic rings. The van der Waals surface area contributed by atoms with E-state index in [1.165, 1.54) is 24.3 Å². The first-order valence-corrected chi connectivity index (χ1v) is 10.6. The van der Waals surface area contributed by atoms with Crippen molar-refractivity contribution in [3.05, 3.63) is 18.2 Å². The Hall–Kier alpha value is -3.13.